The van der Waals surface area contributed by atoms with Crippen molar-refractivity contribution in [2.75, 3.05) is 0 Å². The molecule has 0 aromatic heterocycles. The fourth-order valence-corrected chi connectivity index (χ4v) is 1.67. The number of ketones is 1. The molecule has 0 spiro atoms. The van der Waals surface area contributed by atoms with Crippen LogP contribution in [0.15, 0.2) is 35.9 Å². The number of aliphatic hydroxyl groups excluding tert-OH is 1. The van der Waals surface area contributed by atoms with Crippen LogP contribution >= 0.6 is 0 Å². The van der Waals surface area contributed by atoms with Crippen molar-refractivity contribution in [2.24, 2.45) is 0 Å². The van der Waals surface area contributed by atoms with E-state index in [9.17, 15) is 9.90 Å². The molecule has 0 amide bonds. The maximum Gasteiger partial charge on any atom is 0.228 e. The molecule has 0 bridgehead atoms. The molecule has 1 atom stereocenters. The highest BCUT2D eigenvalue weighted by Gasteiger charge is 2.29. The molecule has 0 fully saturated rings. The summed E-state index contributed by atoms with van der Waals surface area (Å²) in [5.74, 6) is 5.86. The van der Waals surface area contributed by atoms with Crippen molar-refractivity contribution in [1.82, 2.24) is 0 Å². The normalized spacial score (nSPS) is 19.8. The van der Waals surface area contributed by atoms with Gasteiger partial charge in [-0.05, 0) is 18.6 Å². The number of Topliss-reactive ketones (excluding diaryl/α,β-unsaturated/α-hetero) is 1. The van der Waals surface area contributed by atoms with Crippen LogP contribution in [0.4, 0.5) is 0 Å². The van der Waals surface area contributed by atoms with Gasteiger partial charge in [0.25, 0.3) is 0 Å². The van der Waals surface area contributed by atoms with Gasteiger partial charge < -0.3 is 9.84 Å². The van der Waals surface area contributed by atoms with E-state index in [1.807, 2.05) is 6.92 Å². The average Bonchev–Trinajstić information content (AvgIpc) is 2.38. The summed E-state index contributed by atoms with van der Waals surface area (Å²) in [6.07, 6.45) is 1.94. The summed E-state index contributed by atoms with van der Waals surface area (Å²) in [4.78, 5) is 12.1. The largest absolute Gasteiger partial charge is 0.460 e. The van der Waals surface area contributed by atoms with Gasteiger partial charge in [-0.1, -0.05) is 30.9 Å². The van der Waals surface area contributed by atoms with E-state index in [4.69, 9.17) is 4.74 Å². The third-order valence-electron chi connectivity index (χ3n) is 2.60. The van der Waals surface area contributed by atoms with Gasteiger partial charge in [-0.3, -0.25) is 4.79 Å². The smallest absolute Gasteiger partial charge is 0.228 e. The molecule has 18 heavy (non-hydrogen) atoms. The molecule has 1 unspecified atom stereocenters. The SMILES string of the molecule is CCCC#C/C=C1/C(=O)c2ccccc2OC1O. The molecule has 0 radical (unpaired) electrons. The number of para-hydroxylation sites is 1. The third kappa shape index (κ3) is 2.44. The highest BCUT2D eigenvalue weighted by atomic mass is 16.6. The molecule has 92 valence electrons. The van der Waals surface area contributed by atoms with Crippen LogP contribution in [0.5, 0.6) is 5.75 Å². The van der Waals surface area contributed by atoms with Gasteiger partial charge in [0.05, 0.1) is 11.1 Å². The van der Waals surface area contributed by atoms with E-state index < -0.39 is 6.29 Å². The molecule has 1 heterocycles. The maximum absolute atomic E-state index is 12.1. The van der Waals surface area contributed by atoms with Crippen molar-refractivity contribution < 1.29 is 14.6 Å². The lowest BCUT2D eigenvalue weighted by Gasteiger charge is -2.22. The number of fused-ring (bicyclic) bond motifs is 1. The lowest BCUT2D eigenvalue weighted by molar-refractivity contribution is 0.00798. The number of carbonyl (C=O) groups excluding carboxylic acids is 1. The van der Waals surface area contributed by atoms with Gasteiger partial charge >= 0.3 is 0 Å². The lowest BCUT2D eigenvalue weighted by atomic mass is 9.99. The molecule has 0 saturated carbocycles. The number of aliphatic hydroxyl groups is 1. The number of benzene rings is 1. The number of unbranched alkanes of at least 4 members (excludes halogenated alkanes) is 1. The van der Waals surface area contributed by atoms with Crippen molar-refractivity contribution >= 4 is 5.78 Å². The topological polar surface area (TPSA) is 46.5 Å². The Kier molecular flexibility index (Phi) is 3.81. The molecule has 2 rings (SSSR count). The maximum atomic E-state index is 12.1. The number of ether oxygens (including phenoxy) is 1. The van der Waals surface area contributed by atoms with Crippen LogP contribution in [-0.4, -0.2) is 17.2 Å². The highest BCUT2D eigenvalue weighted by molar-refractivity contribution is 6.12. The summed E-state index contributed by atoms with van der Waals surface area (Å²) in [6.45, 7) is 2.03. The first-order chi connectivity index (χ1) is 8.74. The summed E-state index contributed by atoms with van der Waals surface area (Å²) in [6, 6.07) is 6.86. The van der Waals surface area contributed by atoms with E-state index in [-0.39, 0.29) is 11.4 Å². The minimum atomic E-state index is -1.23. The van der Waals surface area contributed by atoms with Crippen LogP contribution in [0.3, 0.4) is 0 Å². The van der Waals surface area contributed by atoms with E-state index in [1.54, 1.807) is 24.3 Å². The Morgan fingerprint density at radius 2 is 2.22 bits per heavy atom. The van der Waals surface area contributed by atoms with Crippen LogP contribution in [0.1, 0.15) is 30.1 Å². The van der Waals surface area contributed by atoms with Gasteiger partial charge in [0.2, 0.25) is 6.29 Å². The second kappa shape index (κ2) is 5.52. The minimum Gasteiger partial charge on any atom is -0.460 e. The highest BCUT2D eigenvalue weighted by Crippen LogP contribution is 2.29. The summed E-state index contributed by atoms with van der Waals surface area (Å²) < 4.78 is 5.27. The van der Waals surface area contributed by atoms with Gasteiger partial charge in [0, 0.05) is 12.5 Å². The van der Waals surface area contributed by atoms with Crippen molar-refractivity contribution in [3.05, 3.63) is 41.5 Å². The molecule has 3 nitrogen and oxygen atoms in total. The van der Waals surface area contributed by atoms with Gasteiger partial charge in [0.1, 0.15) is 5.75 Å². The third-order valence-corrected chi connectivity index (χ3v) is 2.60. The first kappa shape index (κ1) is 12.4. The molecule has 1 aromatic carbocycles. The Morgan fingerprint density at radius 3 is 3.00 bits per heavy atom. The van der Waals surface area contributed by atoms with Gasteiger partial charge in [-0.2, -0.15) is 0 Å². The Hall–Kier alpha value is -2.05. The first-order valence-corrected chi connectivity index (χ1v) is 5.91. The molecule has 1 N–H and O–H groups in total. The Labute approximate surface area is 106 Å². The standard InChI is InChI=1S/C15H14O3/c1-2-3-4-5-9-12-14(16)11-8-6-7-10-13(11)18-15(12)17/h6-10,15,17H,2-3H2,1H3/b12-9-. The second-order valence-corrected chi connectivity index (χ2v) is 3.97. The van der Waals surface area contributed by atoms with Gasteiger partial charge in [-0.15, -0.1) is 0 Å². The number of allylic oxidation sites excluding steroid dienone is 1. The fraction of sp³-hybridized carbons (Fsp3) is 0.267. The summed E-state index contributed by atoms with van der Waals surface area (Å²) in [5.41, 5.74) is 0.656. The molecular weight excluding hydrogens is 228 g/mol. The van der Waals surface area contributed by atoms with Crippen molar-refractivity contribution in [2.45, 2.75) is 26.1 Å². The minimum absolute atomic E-state index is 0.192. The van der Waals surface area contributed by atoms with Crippen LogP contribution in [0, 0.1) is 11.8 Å². The quantitative estimate of drug-likeness (QED) is 0.607. The monoisotopic (exact) mass is 242 g/mol. The molecule has 1 aliphatic heterocycles. The second-order valence-electron chi connectivity index (χ2n) is 3.97. The summed E-state index contributed by atoms with van der Waals surface area (Å²) in [5, 5.41) is 9.76. The average molecular weight is 242 g/mol. The first-order valence-electron chi connectivity index (χ1n) is 5.91. The van der Waals surface area contributed by atoms with Gasteiger partial charge in [0.15, 0.2) is 5.78 Å². The Morgan fingerprint density at radius 1 is 1.44 bits per heavy atom. The van der Waals surface area contributed by atoms with Crippen molar-refractivity contribution in [1.29, 1.82) is 0 Å². The van der Waals surface area contributed by atoms with E-state index in [0.29, 0.717) is 11.3 Å². The summed E-state index contributed by atoms with van der Waals surface area (Å²) in [7, 11) is 0. The number of hydrogen-bond acceptors (Lipinski definition) is 3. The van der Waals surface area contributed by atoms with E-state index in [2.05, 4.69) is 11.8 Å². The van der Waals surface area contributed by atoms with Gasteiger partial charge in [-0.25, -0.2) is 0 Å². The molecule has 0 aliphatic carbocycles. The lowest BCUT2D eigenvalue weighted by Crippen LogP contribution is -2.29. The molecule has 1 aromatic rings. The number of rotatable bonds is 1. The zero-order chi connectivity index (χ0) is 13.0. The molecule has 0 saturated heterocycles. The zero-order valence-corrected chi connectivity index (χ0v) is 10.1. The fourth-order valence-electron chi connectivity index (χ4n) is 1.67. The van der Waals surface area contributed by atoms with Crippen molar-refractivity contribution in [3.63, 3.8) is 0 Å². The van der Waals surface area contributed by atoms with Crippen LogP contribution < -0.4 is 4.74 Å². The number of carbonyl (C=O) groups is 1. The van der Waals surface area contributed by atoms with E-state index in [0.717, 1.165) is 12.8 Å². The van der Waals surface area contributed by atoms with Crippen LogP contribution in [0.25, 0.3) is 0 Å². The molecule has 1 aliphatic rings. The Balaban J connectivity index is 2.30. The Bertz CT molecular complexity index is 546. The predicted molar refractivity (Wildman–Crippen MR) is 68.2 cm³/mol. The number of hydrogen-bond donors (Lipinski definition) is 1. The zero-order valence-electron chi connectivity index (χ0n) is 10.1. The summed E-state index contributed by atoms with van der Waals surface area (Å²) >= 11 is 0. The van der Waals surface area contributed by atoms with E-state index in [1.165, 1.54) is 6.08 Å². The predicted octanol–water partition coefficient (Wildman–Crippen LogP) is 2.31. The molecular formula is C15H14O3. The van der Waals surface area contributed by atoms with Crippen LogP contribution in [-0.2, 0) is 0 Å². The molecule has 3 heteroatoms. The van der Waals surface area contributed by atoms with Crippen LogP contribution in [0.2, 0.25) is 0 Å². The van der Waals surface area contributed by atoms with Crippen molar-refractivity contribution in [3.8, 4) is 17.6 Å². The van der Waals surface area contributed by atoms with E-state index >= 15 is 0 Å².